The highest BCUT2D eigenvalue weighted by atomic mass is 16.6. The minimum Gasteiger partial charge on any atom is -0.412 e. The first-order valence-electron chi connectivity index (χ1n) is 2.26. The Morgan fingerprint density at radius 3 is 1.30 bits per heavy atom. The summed E-state index contributed by atoms with van der Waals surface area (Å²) >= 11 is 0. The fourth-order valence-electron chi connectivity index (χ4n) is 0.202. The maximum atomic E-state index is 9.81. The fraction of sp³-hybridized carbons (Fsp3) is 0.600. The molecule has 0 spiro atoms. The van der Waals surface area contributed by atoms with Gasteiger partial charge in [0.1, 0.15) is 0 Å². The van der Waals surface area contributed by atoms with Crippen LogP contribution >= 0.6 is 0 Å². The number of rotatable bonds is 0. The molecule has 0 fully saturated rings. The van der Waals surface area contributed by atoms with Gasteiger partial charge in [-0.1, -0.05) is 0 Å². The van der Waals surface area contributed by atoms with Gasteiger partial charge in [-0.3, -0.25) is 9.59 Å². The van der Waals surface area contributed by atoms with Gasteiger partial charge >= 0.3 is 11.9 Å². The molecule has 62 valence electrons. The van der Waals surface area contributed by atoms with Gasteiger partial charge in [0.25, 0.3) is 0 Å². The van der Waals surface area contributed by atoms with Crippen molar-refractivity contribution in [1.82, 2.24) is 0 Å². The van der Waals surface area contributed by atoms with Crippen molar-refractivity contribution in [2.45, 2.75) is 13.8 Å². The summed E-state index contributed by atoms with van der Waals surface area (Å²) in [6.07, 6.45) is 0. The lowest BCUT2D eigenvalue weighted by molar-refractivity contribution is -0.156. The minimum absolute atomic E-state index is 0. The number of hydrogen-bond donors (Lipinski definition) is 1. The van der Waals surface area contributed by atoms with E-state index in [9.17, 15) is 9.59 Å². The normalized spacial score (nSPS) is 6.00. The first kappa shape index (κ1) is 16.0. The van der Waals surface area contributed by atoms with Crippen molar-refractivity contribution >= 4 is 11.9 Å². The zero-order valence-electron chi connectivity index (χ0n) is 6.17. The smallest absolute Gasteiger partial charge is 0.310 e. The van der Waals surface area contributed by atoms with E-state index < -0.39 is 11.9 Å². The van der Waals surface area contributed by atoms with Crippen LogP contribution in [0.3, 0.4) is 0 Å². The maximum absolute atomic E-state index is 9.81. The molecule has 0 aliphatic carbocycles. The first-order chi connectivity index (χ1) is 4.13. The van der Waals surface area contributed by atoms with Crippen LogP contribution in [0, 0.1) is 0 Å². The van der Waals surface area contributed by atoms with Crippen LogP contribution in [0.5, 0.6) is 0 Å². The molecular weight excluding hydrogens is 140 g/mol. The van der Waals surface area contributed by atoms with Gasteiger partial charge in [-0.15, -0.1) is 0 Å². The van der Waals surface area contributed by atoms with Gasteiger partial charge < -0.3 is 15.3 Å². The number of esters is 2. The molecular formula is C5H12O5. The molecule has 0 radical (unpaired) electrons. The van der Waals surface area contributed by atoms with Crippen molar-refractivity contribution in [3.8, 4) is 0 Å². The molecule has 0 atom stereocenters. The monoisotopic (exact) mass is 152 g/mol. The van der Waals surface area contributed by atoms with Gasteiger partial charge in [0.2, 0.25) is 0 Å². The van der Waals surface area contributed by atoms with Crippen molar-refractivity contribution in [1.29, 1.82) is 0 Å². The van der Waals surface area contributed by atoms with E-state index in [0.29, 0.717) is 0 Å². The molecule has 0 saturated carbocycles. The van der Waals surface area contributed by atoms with Crippen LogP contribution in [0.15, 0.2) is 0 Å². The van der Waals surface area contributed by atoms with Crippen LogP contribution in [-0.2, 0) is 14.3 Å². The van der Waals surface area contributed by atoms with E-state index in [1.165, 1.54) is 13.8 Å². The van der Waals surface area contributed by atoms with Gasteiger partial charge in [0.15, 0.2) is 0 Å². The summed E-state index contributed by atoms with van der Waals surface area (Å²) in [6.45, 7) is 2.36. The van der Waals surface area contributed by atoms with Gasteiger partial charge in [-0.2, -0.15) is 0 Å². The third kappa shape index (κ3) is 27.7. The Morgan fingerprint density at radius 1 is 1.10 bits per heavy atom. The van der Waals surface area contributed by atoms with Crippen LogP contribution in [0.1, 0.15) is 13.8 Å². The Labute approximate surface area is 58.9 Å². The summed E-state index contributed by atoms with van der Waals surface area (Å²) in [5.41, 5.74) is 0. The van der Waals surface area contributed by atoms with Gasteiger partial charge in [-0.25, -0.2) is 0 Å². The molecule has 0 unspecified atom stereocenters. The highest BCUT2D eigenvalue weighted by Crippen LogP contribution is 1.73. The second-order valence-electron chi connectivity index (χ2n) is 1.09. The average Bonchev–Trinajstić information content (AvgIpc) is 1.68. The van der Waals surface area contributed by atoms with Crippen LogP contribution in [0.25, 0.3) is 0 Å². The highest BCUT2D eigenvalue weighted by Gasteiger charge is 1.93. The number of ether oxygens (including phenoxy) is 1. The highest BCUT2D eigenvalue weighted by molar-refractivity contribution is 5.82. The van der Waals surface area contributed by atoms with E-state index in [0.717, 1.165) is 7.11 Å². The van der Waals surface area contributed by atoms with Crippen LogP contribution < -0.4 is 0 Å². The number of aliphatic hydroxyl groups is 1. The lowest BCUT2D eigenvalue weighted by atomic mass is 10.7. The summed E-state index contributed by atoms with van der Waals surface area (Å²) in [5, 5.41) is 7.00. The van der Waals surface area contributed by atoms with E-state index in [-0.39, 0.29) is 5.48 Å². The second kappa shape index (κ2) is 10.9. The van der Waals surface area contributed by atoms with Gasteiger partial charge in [0.05, 0.1) is 0 Å². The first-order valence-corrected chi connectivity index (χ1v) is 2.26. The van der Waals surface area contributed by atoms with E-state index in [4.69, 9.17) is 5.11 Å². The molecule has 5 heteroatoms. The summed E-state index contributed by atoms with van der Waals surface area (Å²) in [6, 6.07) is 0. The summed E-state index contributed by atoms with van der Waals surface area (Å²) < 4.78 is 3.97. The molecule has 0 aliphatic rings. The SMILES string of the molecule is CC(=O)OC(C)=O.CO.O. The Balaban J connectivity index is -0.000000149. The molecule has 0 saturated heterocycles. The number of hydrogen-bond acceptors (Lipinski definition) is 4. The van der Waals surface area contributed by atoms with Crippen LogP contribution in [0.2, 0.25) is 0 Å². The quantitative estimate of drug-likeness (QED) is 0.351. The third-order valence-electron chi connectivity index (χ3n) is 0.287. The largest absolute Gasteiger partial charge is 0.412 e. The molecule has 3 N–H and O–H groups in total. The maximum Gasteiger partial charge on any atom is 0.310 e. The molecule has 0 aromatic carbocycles. The van der Waals surface area contributed by atoms with E-state index in [1.54, 1.807) is 0 Å². The zero-order valence-corrected chi connectivity index (χ0v) is 6.17. The summed E-state index contributed by atoms with van der Waals surface area (Å²) in [4.78, 5) is 19.6. The van der Waals surface area contributed by atoms with Gasteiger partial charge in [-0.05, 0) is 0 Å². The van der Waals surface area contributed by atoms with Crippen LogP contribution in [0.4, 0.5) is 0 Å². The van der Waals surface area contributed by atoms with Crippen LogP contribution in [-0.4, -0.2) is 29.6 Å². The molecule has 0 rings (SSSR count). The predicted octanol–water partition coefficient (Wildman–Crippen LogP) is -1.12. The molecule has 10 heavy (non-hydrogen) atoms. The predicted molar refractivity (Wildman–Crippen MR) is 34.2 cm³/mol. The van der Waals surface area contributed by atoms with E-state index in [1.807, 2.05) is 0 Å². The zero-order chi connectivity index (χ0) is 7.86. The Bertz CT molecular complexity index is 86.2. The van der Waals surface area contributed by atoms with Crippen molar-refractivity contribution in [3.63, 3.8) is 0 Å². The molecule has 0 bridgehead atoms. The van der Waals surface area contributed by atoms with Crippen molar-refractivity contribution in [2.24, 2.45) is 0 Å². The Morgan fingerprint density at radius 2 is 1.30 bits per heavy atom. The standard InChI is InChI=1S/C4H6O3.CH4O.H2O/c1-3(5)7-4(2)6;1-2;/h1-2H3;2H,1H3;1H2. The second-order valence-corrected chi connectivity index (χ2v) is 1.09. The Kier molecular flexibility index (Phi) is 17.5. The lowest BCUT2D eigenvalue weighted by Crippen LogP contribution is -2.03. The summed E-state index contributed by atoms with van der Waals surface area (Å²) in [5.74, 6) is -1.12. The molecule has 0 aromatic rings. The topological polar surface area (TPSA) is 95.1 Å². The van der Waals surface area contributed by atoms with E-state index in [2.05, 4.69) is 4.74 Å². The molecule has 0 aliphatic heterocycles. The van der Waals surface area contributed by atoms with Crippen molar-refractivity contribution in [3.05, 3.63) is 0 Å². The molecule has 0 heterocycles. The Hall–Kier alpha value is -0.940. The van der Waals surface area contributed by atoms with Crippen molar-refractivity contribution < 1.29 is 24.9 Å². The molecule has 5 nitrogen and oxygen atoms in total. The number of aliphatic hydroxyl groups excluding tert-OH is 1. The minimum atomic E-state index is -0.562. The molecule has 0 aromatic heterocycles. The van der Waals surface area contributed by atoms with E-state index >= 15 is 0 Å². The fourth-order valence-corrected chi connectivity index (χ4v) is 0.202. The molecule has 0 amide bonds. The summed E-state index contributed by atoms with van der Waals surface area (Å²) in [7, 11) is 1.00. The third-order valence-corrected chi connectivity index (χ3v) is 0.287. The van der Waals surface area contributed by atoms with Crippen molar-refractivity contribution in [2.75, 3.05) is 7.11 Å². The van der Waals surface area contributed by atoms with Gasteiger partial charge in [0, 0.05) is 21.0 Å². The number of carbonyl (C=O) groups excluding carboxylic acids is 2. The average molecular weight is 152 g/mol. The lowest BCUT2D eigenvalue weighted by Gasteiger charge is -1.87. The number of carbonyl (C=O) groups is 2.